The molecular formula is C21H26ClNO. The number of hydrogen-bond donors (Lipinski definition) is 0. The minimum Gasteiger partial charge on any atom is -0.323 e. The van der Waals surface area contributed by atoms with Gasteiger partial charge in [0.15, 0.2) is 0 Å². The van der Waals surface area contributed by atoms with Crippen LogP contribution in [0, 0.1) is 6.92 Å². The molecule has 2 unspecified atom stereocenters. The molecule has 0 N–H and O–H groups in total. The molecule has 2 nitrogen and oxygen atoms in total. The molecule has 0 saturated heterocycles. The fourth-order valence-electron chi connectivity index (χ4n) is 3.94. The molecule has 128 valence electrons. The lowest BCUT2D eigenvalue weighted by molar-refractivity contribution is -0.135. The summed E-state index contributed by atoms with van der Waals surface area (Å²) in [6, 6.07) is 14.3. The Morgan fingerprint density at radius 1 is 1.12 bits per heavy atom. The molecular weight excluding hydrogens is 318 g/mol. The summed E-state index contributed by atoms with van der Waals surface area (Å²) in [5.41, 5.74) is 4.13. The first-order valence-electron chi connectivity index (χ1n) is 8.53. The lowest BCUT2D eigenvalue weighted by atomic mass is 9.82. The van der Waals surface area contributed by atoms with Crippen LogP contribution in [0.3, 0.4) is 0 Å². The minimum absolute atomic E-state index is 0.0529. The predicted octanol–water partition coefficient (Wildman–Crippen LogP) is 5.86. The van der Waals surface area contributed by atoms with Crippen molar-refractivity contribution in [3.8, 4) is 0 Å². The van der Waals surface area contributed by atoms with E-state index in [1.165, 1.54) is 11.1 Å². The molecule has 2 atom stereocenters. The minimum atomic E-state index is -0.489. The SMILES string of the molecule is CC.CC(=O)N1C(C)c2ccccc2C1(C)c1cc(Cl)ccc1C. The van der Waals surface area contributed by atoms with Gasteiger partial charge in [0, 0.05) is 11.9 Å². The highest BCUT2D eigenvalue weighted by Crippen LogP contribution is 2.50. The number of nitrogens with zero attached hydrogens (tertiary/aromatic N) is 1. The van der Waals surface area contributed by atoms with Gasteiger partial charge < -0.3 is 4.90 Å². The van der Waals surface area contributed by atoms with Crippen LogP contribution in [0.1, 0.15) is 62.9 Å². The number of carbonyl (C=O) groups excluding carboxylic acids is 1. The molecule has 0 saturated carbocycles. The third-order valence-corrected chi connectivity index (χ3v) is 5.10. The molecule has 1 amide bonds. The normalized spacial score (nSPS) is 21.8. The van der Waals surface area contributed by atoms with Gasteiger partial charge in [-0.3, -0.25) is 4.79 Å². The van der Waals surface area contributed by atoms with Crippen LogP contribution in [0.4, 0.5) is 0 Å². The number of benzene rings is 2. The summed E-state index contributed by atoms with van der Waals surface area (Å²) in [5, 5.41) is 0.697. The topological polar surface area (TPSA) is 20.3 Å². The molecule has 2 aromatic carbocycles. The van der Waals surface area contributed by atoms with Crippen molar-refractivity contribution in [2.45, 2.75) is 53.1 Å². The average Bonchev–Trinajstić information content (AvgIpc) is 2.81. The zero-order valence-corrected chi connectivity index (χ0v) is 16.1. The van der Waals surface area contributed by atoms with E-state index in [-0.39, 0.29) is 11.9 Å². The summed E-state index contributed by atoms with van der Waals surface area (Å²) in [6.07, 6.45) is 0. The Hall–Kier alpha value is -1.80. The number of halogens is 1. The third kappa shape index (κ3) is 2.73. The van der Waals surface area contributed by atoms with Gasteiger partial charge in [-0.05, 0) is 55.2 Å². The summed E-state index contributed by atoms with van der Waals surface area (Å²) < 4.78 is 0. The first-order valence-corrected chi connectivity index (χ1v) is 8.91. The lowest BCUT2D eigenvalue weighted by Crippen LogP contribution is -2.44. The van der Waals surface area contributed by atoms with E-state index in [4.69, 9.17) is 11.6 Å². The molecule has 1 heterocycles. The summed E-state index contributed by atoms with van der Waals surface area (Å²) >= 11 is 6.24. The number of fused-ring (bicyclic) bond motifs is 1. The van der Waals surface area contributed by atoms with Crippen molar-refractivity contribution >= 4 is 17.5 Å². The quantitative estimate of drug-likeness (QED) is 0.634. The zero-order chi connectivity index (χ0) is 18.1. The molecule has 0 radical (unpaired) electrons. The van der Waals surface area contributed by atoms with Gasteiger partial charge in [-0.1, -0.05) is 55.8 Å². The fraction of sp³-hybridized carbons (Fsp3) is 0.381. The smallest absolute Gasteiger partial charge is 0.220 e. The van der Waals surface area contributed by atoms with Gasteiger partial charge in [0.05, 0.1) is 11.6 Å². The van der Waals surface area contributed by atoms with Crippen LogP contribution in [0.2, 0.25) is 5.02 Å². The van der Waals surface area contributed by atoms with Crippen molar-refractivity contribution < 1.29 is 4.79 Å². The summed E-state index contributed by atoms with van der Waals surface area (Å²) in [6.45, 7) is 11.9. The van der Waals surface area contributed by atoms with Crippen molar-refractivity contribution in [1.29, 1.82) is 0 Å². The van der Waals surface area contributed by atoms with E-state index >= 15 is 0 Å². The monoisotopic (exact) mass is 343 g/mol. The van der Waals surface area contributed by atoms with Gasteiger partial charge in [0.2, 0.25) is 5.91 Å². The van der Waals surface area contributed by atoms with E-state index in [0.29, 0.717) is 5.02 Å². The molecule has 1 aliphatic rings. The van der Waals surface area contributed by atoms with Gasteiger partial charge in [0.1, 0.15) is 0 Å². The molecule has 0 fully saturated rings. The van der Waals surface area contributed by atoms with Gasteiger partial charge in [-0.25, -0.2) is 0 Å². The number of rotatable bonds is 1. The van der Waals surface area contributed by atoms with Crippen LogP contribution >= 0.6 is 11.6 Å². The van der Waals surface area contributed by atoms with Crippen molar-refractivity contribution in [2.75, 3.05) is 0 Å². The molecule has 3 heteroatoms. The molecule has 0 spiro atoms. The van der Waals surface area contributed by atoms with Crippen LogP contribution in [0.5, 0.6) is 0 Å². The Kier molecular flexibility index (Phi) is 5.39. The van der Waals surface area contributed by atoms with E-state index in [0.717, 1.165) is 11.1 Å². The Labute approximate surface area is 150 Å². The van der Waals surface area contributed by atoms with E-state index in [1.54, 1.807) is 6.92 Å². The van der Waals surface area contributed by atoms with Crippen molar-refractivity contribution in [3.63, 3.8) is 0 Å². The van der Waals surface area contributed by atoms with Crippen molar-refractivity contribution in [3.05, 3.63) is 69.7 Å². The summed E-state index contributed by atoms with van der Waals surface area (Å²) in [4.78, 5) is 14.4. The van der Waals surface area contributed by atoms with Crippen LogP contribution < -0.4 is 0 Å². The van der Waals surface area contributed by atoms with E-state index < -0.39 is 5.54 Å². The third-order valence-electron chi connectivity index (χ3n) is 4.87. The Morgan fingerprint density at radius 2 is 1.75 bits per heavy atom. The van der Waals surface area contributed by atoms with Crippen LogP contribution in [0.25, 0.3) is 0 Å². The number of amides is 1. The zero-order valence-electron chi connectivity index (χ0n) is 15.4. The Morgan fingerprint density at radius 3 is 2.38 bits per heavy atom. The van der Waals surface area contributed by atoms with Crippen molar-refractivity contribution in [1.82, 2.24) is 4.90 Å². The predicted molar refractivity (Wildman–Crippen MR) is 101 cm³/mol. The van der Waals surface area contributed by atoms with E-state index in [2.05, 4.69) is 32.9 Å². The van der Waals surface area contributed by atoms with Crippen LogP contribution in [-0.4, -0.2) is 10.8 Å². The Balaban J connectivity index is 0.00000100. The molecule has 2 aromatic rings. The van der Waals surface area contributed by atoms with Gasteiger partial charge in [-0.2, -0.15) is 0 Å². The molecule has 24 heavy (non-hydrogen) atoms. The molecule has 1 aliphatic heterocycles. The Bertz CT molecular complexity index is 755. The maximum Gasteiger partial charge on any atom is 0.220 e. The van der Waals surface area contributed by atoms with E-state index in [1.807, 2.05) is 49.1 Å². The first kappa shape index (κ1) is 18.5. The second-order valence-electron chi connectivity index (χ2n) is 6.18. The van der Waals surface area contributed by atoms with Gasteiger partial charge in [-0.15, -0.1) is 0 Å². The van der Waals surface area contributed by atoms with Gasteiger partial charge in [0.25, 0.3) is 0 Å². The maximum absolute atomic E-state index is 12.4. The average molecular weight is 344 g/mol. The lowest BCUT2D eigenvalue weighted by Gasteiger charge is -2.39. The highest BCUT2D eigenvalue weighted by molar-refractivity contribution is 6.30. The molecule has 0 aliphatic carbocycles. The second kappa shape index (κ2) is 6.98. The van der Waals surface area contributed by atoms with E-state index in [9.17, 15) is 4.79 Å². The highest BCUT2D eigenvalue weighted by atomic mass is 35.5. The number of hydrogen-bond acceptors (Lipinski definition) is 1. The van der Waals surface area contributed by atoms with Crippen LogP contribution in [-0.2, 0) is 10.3 Å². The van der Waals surface area contributed by atoms with Gasteiger partial charge >= 0.3 is 0 Å². The summed E-state index contributed by atoms with van der Waals surface area (Å²) in [7, 11) is 0. The molecule has 3 rings (SSSR count). The second-order valence-corrected chi connectivity index (χ2v) is 6.62. The molecule has 0 bridgehead atoms. The largest absolute Gasteiger partial charge is 0.323 e. The first-order chi connectivity index (χ1) is 11.4. The maximum atomic E-state index is 12.4. The summed E-state index contributed by atoms with van der Waals surface area (Å²) in [5.74, 6) is 0.0746. The number of aryl methyl sites for hydroxylation is 1. The molecule has 0 aromatic heterocycles. The fourth-order valence-corrected chi connectivity index (χ4v) is 4.11. The van der Waals surface area contributed by atoms with Crippen LogP contribution in [0.15, 0.2) is 42.5 Å². The highest BCUT2D eigenvalue weighted by Gasteiger charge is 2.48. The number of carbonyl (C=O) groups is 1. The standard InChI is InChI=1S/C19H20ClNO.C2H6/c1-12-9-10-15(20)11-18(12)19(4)17-8-6-5-7-16(17)13(2)21(19)14(3)22;1-2/h5-11,13H,1-4H3;1-2H3. The van der Waals surface area contributed by atoms with Crippen molar-refractivity contribution in [2.24, 2.45) is 0 Å².